The average Bonchev–Trinajstić information content (AvgIpc) is 3.14. The van der Waals surface area contributed by atoms with Crippen LogP contribution in [0.4, 0.5) is 0 Å². The first-order valence-electron chi connectivity index (χ1n) is 12.5. The van der Waals surface area contributed by atoms with E-state index in [2.05, 4.69) is 33.0 Å². The second kappa shape index (κ2) is 12.7. The van der Waals surface area contributed by atoms with E-state index in [9.17, 15) is 9.59 Å². The van der Waals surface area contributed by atoms with E-state index in [4.69, 9.17) is 16.6 Å². The van der Waals surface area contributed by atoms with Crippen LogP contribution in [-0.2, 0) is 29.0 Å². The van der Waals surface area contributed by atoms with Gasteiger partial charge in [0.15, 0.2) is 0 Å². The maximum absolute atomic E-state index is 13.3. The number of carbonyl (C=O) groups is 2. The van der Waals surface area contributed by atoms with Gasteiger partial charge in [-0.3, -0.25) is 9.59 Å². The molecule has 0 unspecified atom stereocenters. The van der Waals surface area contributed by atoms with E-state index >= 15 is 0 Å². The van der Waals surface area contributed by atoms with Crippen molar-refractivity contribution in [1.82, 2.24) is 19.8 Å². The quantitative estimate of drug-likeness (QED) is 0.354. The molecule has 3 aromatic rings. The summed E-state index contributed by atoms with van der Waals surface area (Å²) in [7, 11) is 0. The largest absolute Gasteiger partial charge is 0.356 e. The first-order valence-corrected chi connectivity index (χ1v) is 12.8. The van der Waals surface area contributed by atoms with Crippen molar-refractivity contribution in [3.05, 3.63) is 64.9 Å². The summed E-state index contributed by atoms with van der Waals surface area (Å²) in [4.78, 5) is 32.4. The summed E-state index contributed by atoms with van der Waals surface area (Å²) in [6.07, 6.45) is 1.74. The number of nitrogens with zero attached hydrogens (tertiary/aromatic N) is 3. The minimum atomic E-state index is -0.0194. The Hall–Kier alpha value is -2.86. The molecule has 7 heteroatoms. The molecule has 1 aromatic heterocycles. The SMILES string of the molecule is CC(C)CN(CC(C)C)C(=O)Cn1c(CCCNC(=O)Cc2ccc(Cl)cc2)nc2ccccc21. The van der Waals surface area contributed by atoms with E-state index in [0.29, 0.717) is 36.2 Å². The van der Waals surface area contributed by atoms with Crippen LogP contribution in [0.15, 0.2) is 48.5 Å². The van der Waals surface area contributed by atoms with Crippen molar-refractivity contribution in [2.45, 2.75) is 53.5 Å². The summed E-state index contributed by atoms with van der Waals surface area (Å²) >= 11 is 5.91. The number of para-hydroxylation sites is 2. The van der Waals surface area contributed by atoms with Crippen molar-refractivity contribution >= 4 is 34.4 Å². The number of hydrogen-bond acceptors (Lipinski definition) is 3. The van der Waals surface area contributed by atoms with Crippen LogP contribution >= 0.6 is 11.6 Å². The molecule has 0 radical (unpaired) electrons. The fourth-order valence-electron chi connectivity index (χ4n) is 4.21. The van der Waals surface area contributed by atoms with Crippen molar-refractivity contribution in [3.8, 4) is 0 Å². The highest BCUT2D eigenvalue weighted by Gasteiger charge is 2.20. The molecule has 0 aliphatic heterocycles. The molecule has 0 fully saturated rings. The van der Waals surface area contributed by atoms with Gasteiger partial charge in [0.05, 0.1) is 17.5 Å². The standard InChI is InChI=1S/C28H37ClN4O2/c1-20(2)17-32(18-21(3)4)28(35)19-33-25-9-6-5-8-24(25)31-26(33)10-7-15-30-27(34)16-22-11-13-23(29)14-12-22/h5-6,8-9,11-14,20-21H,7,10,15-19H2,1-4H3,(H,30,34). The smallest absolute Gasteiger partial charge is 0.242 e. The van der Waals surface area contributed by atoms with E-state index < -0.39 is 0 Å². The Bertz CT molecular complexity index is 1110. The van der Waals surface area contributed by atoms with Crippen molar-refractivity contribution < 1.29 is 9.59 Å². The number of hydrogen-bond donors (Lipinski definition) is 1. The van der Waals surface area contributed by atoms with Crippen LogP contribution in [0.2, 0.25) is 5.02 Å². The van der Waals surface area contributed by atoms with Gasteiger partial charge in [0, 0.05) is 31.1 Å². The van der Waals surface area contributed by atoms with Crippen LogP contribution < -0.4 is 5.32 Å². The number of halogens is 1. The lowest BCUT2D eigenvalue weighted by Gasteiger charge is -2.27. The number of aryl methyl sites for hydroxylation is 1. The third kappa shape index (κ3) is 8.10. The van der Waals surface area contributed by atoms with Gasteiger partial charge in [-0.1, -0.05) is 63.6 Å². The number of amides is 2. The van der Waals surface area contributed by atoms with Gasteiger partial charge in [0.1, 0.15) is 12.4 Å². The highest BCUT2D eigenvalue weighted by atomic mass is 35.5. The molecular formula is C28H37ClN4O2. The van der Waals surface area contributed by atoms with Gasteiger partial charge < -0.3 is 14.8 Å². The molecule has 0 atom stereocenters. The summed E-state index contributed by atoms with van der Waals surface area (Å²) in [5.41, 5.74) is 2.79. The van der Waals surface area contributed by atoms with Gasteiger partial charge in [-0.05, 0) is 48.1 Å². The van der Waals surface area contributed by atoms with Crippen molar-refractivity contribution in [1.29, 1.82) is 0 Å². The molecule has 1 heterocycles. The predicted molar refractivity (Wildman–Crippen MR) is 142 cm³/mol. The van der Waals surface area contributed by atoms with Gasteiger partial charge in [0.25, 0.3) is 0 Å². The Morgan fingerprint density at radius 3 is 2.31 bits per heavy atom. The second-order valence-corrected chi connectivity index (χ2v) is 10.4. The molecular weight excluding hydrogens is 460 g/mol. The first-order chi connectivity index (χ1) is 16.7. The Morgan fingerprint density at radius 1 is 1.00 bits per heavy atom. The molecule has 0 saturated heterocycles. The lowest BCUT2D eigenvalue weighted by Crippen LogP contribution is -2.39. The number of imidazole rings is 1. The zero-order valence-electron chi connectivity index (χ0n) is 21.3. The van der Waals surface area contributed by atoms with Crippen LogP contribution in [0.3, 0.4) is 0 Å². The molecule has 35 heavy (non-hydrogen) atoms. The number of rotatable bonds is 12. The Morgan fingerprint density at radius 2 is 1.66 bits per heavy atom. The van der Waals surface area contributed by atoms with Crippen LogP contribution in [0.5, 0.6) is 0 Å². The fourth-order valence-corrected chi connectivity index (χ4v) is 4.34. The topological polar surface area (TPSA) is 67.2 Å². The molecule has 3 rings (SSSR count). The number of benzene rings is 2. The third-order valence-corrected chi connectivity index (χ3v) is 5.98. The van der Waals surface area contributed by atoms with Crippen molar-refractivity contribution in [2.24, 2.45) is 11.8 Å². The number of aromatic nitrogens is 2. The van der Waals surface area contributed by atoms with Crippen LogP contribution in [0.25, 0.3) is 11.0 Å². The summed E-state index contributed by atoms with van der Waals surface area (Å²) in [5, 5.41) is 3.65. The molecule has 0 saturated carbocycles. The maximum Gasteiger partial charge on any atom is 0.242 e. The Labute approximate surface area is 213 Å². The van der Waals surface area contributed by atoms with Crippen LogP contribution in [-0.4, -0.2) is 45.9 Å². The van der Waals surface area contributed by atoms with Gasteiger partial charge in [0.2, 0.25) is 11.8 Å². The van der Waals surface area contributed by atoms with Crippen LogP contribution in [0.1, 0.15) is 45.5 Å². The maximum atomic E-state index is 13.3. The normalized spacial score (nSPS) is 11.4. The van der Waals surface area contributed by atoms with E-state index in [-0.39, 0.29) is 18.4 Å². The molecule has 0 spiro atoms. The number of carbonyl (C=O) groups excluding carboxylic acids is 2. The van der Waals surface area contributed by atoms with E-state index in [1.54, 1.807) is 12.1 Å². The molecule has 0 bridgehead atoms. The van der Waals surface area contributed by atoms with Gasteiger partial charge >= 0.3 is 0 Å². The highest BCUT2D eigenvalue weighted by molar-refractivity contribution is 6.30. The molecule has 0 aliphatic rings. The summed E-state index contributed by atoms with van der Waals surface area (Å²) in [6, 6.07) is 15.2. The zero-order chi connectivity index (χ0) is 25.4. The lowest BCUT2D eigenvalue weighted by atomic mass is 10.1. The van der Waals surface area contributed by atoms with E-state index in [0.717, 1.165) is 41.9 Å². The molecule has 2 amide bonds. The summed E-state index contributed by atoms with van der Waals surface area (Å²) in [5.74, 6) is 1.80. The molecule has 2 aromatic carbocycles. The second-order valence-electron chi connectivity index (χ2n) is 9.95. The average molecular weight is 497 g/mol. The predicted octanol–water partition coefficient (Wildman–Crippen LogP) is 5.12. The summed E-state index contributed by atoms with van der Waals surface area (Å²) < 4.78 is 2.04. The van der Waals surface area contributed by atoms with Gasteiger partial charge in [-0.25, -0.2) is 4.98 Å². The Balaban J connectivity index is 1.63. The first kappa shape index (κ1) is 26.7. The Kier molecular flexibility index (Phi) is 9.73. The van der Waals surface area contributed by atoms with Gasteiger partial charge in [-0.2, -0.15) is 0 Å². The van der Waals surface area contributed by atoms with Crippen molar-refractivity contribution in [2.75, 3.05) is 19.6 Å². The number of nitrogens with one attached hydrogen (secondary N) is 1. The van der Waals surface area contributed by atoms with Crippen molar-refractivity contribution in [3.63, 3.8) is 0 Å². The minimum absolute atomic E-state index is 0.0194. The van der Waals surface area contributed by atoms with Crippen LogP contribution in [0, 0.1) is 11.8 Å². The molecule has 1 N–H and O–H groups in total. The lowest BCUT2D eigenvalue weighted by molar-refractivity contribution is -0.132. The monoisotopic (exact) mass is 496 g/mol. The molecule has 188 valence electrons. The highest BCUT2D eigenvalue weighted by Crippen LogP contribution is 2.18. The summed E-state index contributed by atoms with van der Waals surface area (Å²) in [6.45, 7) is 10.9. The minimum Gasteiger partial charge on any atom is -0.356 e. The van der Waals surface area contributed by atoms with E-state index in [1.165, 1.54) is 0 Å². The molecule has 6 nitrogen and oxygen atoms in total. The number of fused-ring (bicyclic) bond motifs is 1. The third-order valence-electron chi connectivity index (χ3n) is 5.73. The molecule has 0 aliphatic carbocycles. The van der Waals surface area contributed by atoms with Gasteiger partial charge in [-0.15, -0.1) is 0 Å². The zero-order valence-corrected chi connectivity index (χ0v) is 22.0. The fraction of sp³-hybridized carbons (Fsp3) is 0.464. The van der Waals surface area contributed by atoms with E-state index in [1.807, 2.05) is 45.9 Å².